The predicted octanol–water partition coefficient (Wildman–Crippen LogP) is 3.27. The molecule has 1 aromatic carbocycles. The Hall–Kier alpha value is -1.07. The van der Waals surface area contributed by atoms with Crippen molar-refractivity contribution in [2.24, 2.45) is 5.92 Å². The van der Waals surface area contributed by atoms with E-state index in [-0.39, 0.29) is 11.8 Å². The Kier molecular flexibility index (Phi) is 5.50. The van der Waals surface area contributed by atoms with Crippen molar-refractivity contribution in [1.29, 1.82) is 0 Å². The Morgan fingerprint density at radius 2 is 2.05 bits per heavy atom. The molecule has 1 saturated heterocycles. The van der Waals surface area contributed by atoms with E-state index in [4.69, 9.17) is 0 Å². The third kappa shape index (κ3) is 4.02. The average molecular weight is 324 g/mol. The van der Waals surface area contributed by atoms with Gasteiger partial charge >= 0.3 is 0 Å². The van der Waals surface area contributed by atoms with E-state index >= 15 is 0 Å². The molecule has 1 aliphatic rings. The Labute approximate surface area is 135 Å². The fraction of sp³-hybridized carbons (Fsp3) is 0.647. The van der Waals surface area contributed by atoms with Crippen molar-refractivity contribution >= 4 is 15.7 Å². The normalized spacial score (nSPS) is 19.8. The highest BCUT2D eigenvalue weighted by atomic mass is 32.2. The second-order valence-corrected chi connectivity index (χ2v) is 8.80. The van der Waals surface area contributed by atoms with E-state index in [0.717, 1.165) is 30.5 Å². The summed E-state index contributed by atoms with van der Waals surface area (Å²) in [5.74, 6) is 0.669. The van der Waals surface area contributed by atoms with Gasteiger partial charge in [0.25, 0.3) is 0 Å². The second kappa shape index (κ2) is 7.01. The molecule has 1 atom stereocenters. The summed E-state index contributed by atoms with van der Waals surface area (Å²) in [6.45, 7) is 4.78. The van der Waals surface area contributed by atoms with Crippen LogP contribution in [0.4, 0.5) is 5.69 Å². The first-order chi connectivity index (χ1) is 10.3. The summed E-state index contributed by atoms with van der Waals surface area (Å²) in [5, 5.41) is 0. The van der Waals surface area contributed by atoms with Gasteiger partial charge in [-0.3, -0.25) is 0 Å². The zero-order valence-electron chi connectivity index (χ0n) is 14.1. The summed E-state index contributed by atoms with van der Waals surface area (Å²) >= 11 is 0. The van der Waals surface area contributed by atoms with E-state index in [9.17, 15) is 8.42 Å². The number of sulfonamides is 1. The maximum Gasteiger partial charge on any atom is 0.214 e. The minimum absolute atomic E-state index is 0.00272. The first-order valence-electron chi connectivity index (χ1n) is 8.08. The molecule has 1 aliphatic heterocycles. The number of benzene rings is 1. The van der Waals surface area contributed by atoms with E-state index in [1.165, 1.54) is 0 Å². The zero-order chi connectivity index (χ0) is 16.3. The van der Waals surface area contributed by atoms with Crippen LogP contribution in [-0.2, 0) is 10.0 Å². The molecule has 1 fully saturated rings. The van der Waals surface area contributed by atoms with E-state index in [0.29, 0.717) is 12.5 Å². The largest absolute Gasteiger partial charge is 0.378 e. The van der Waals surface area contributed by atoms with Gasteiger partial charge in [-0.15, -0.1) is 0 Å². The lowest BCUT2D eigenvalue weighted by molar-refractivity contribution is 0.394. The molecular formula is C17H28N2O2S. The van der Waals surface area contributed by atoms with Crippen molar-refractivity contribution in [3.63, 3.8) is 0 Å². The highest BCUT2D eigenvalue weighted by molar-refractivity contribution is 7.89. The van der Waals surface area contributed by atoms with E-state index in [1.807, 2.05) is 26.2 Å². The molecule has 124 valence electrons. The molecule has 0 N–H and O–H groups in total. The van der Waals surface area contributed by atoms with Crippen molar-refractivity contribution in [2.45, 2.75) is 39.2 Å². The third-order valence-electron chi connectivity index (χ3n) is 4.29. The smallest absolute Gasteiger partial charge is 0.214 e. The lowest BCUT2D eigenvalue weighted by Crippen LogP contribution is -2.33. The van der Waals surface area contributed by atoms with Gasteiger partial charge in [0.1, 0.15) is 0 Å². The van der Waals surface area contributed by atoms with E-state index < -0.39 is 10.0 Å². The molecule has 0 spiro atoms. The fourth-order valence-electron chi connectivity index (χ4n) is 2.92. The van der Waals surface area contributed by atoms with E-state index in [2.05, 4.69) is 30.9 Å². The molecule has 2 rings (SSSR count). The summed E-state index contributed by atoms with van der Waals surface area (Å²) in [6.07, 6.45) is 2.58. The van der Waals surface area contributed by atoms with Gasteiger partial charge in [0.15, 0.2) is 0 Å². The first-order valence-corrected chi connectivity index (χ1v) is 9.69. The molecule has 0 radical (unpaired) electrons. The summed E-state index contributed by atoms with van der Waals surface area (Å²) in [6, 6.07) is 8.23. The van der Waals surface area contributed by atoms with E-state index in [1.54, 1.807) is 4.31 Å². The van der Waals surface area contributed by atoms with Gasteiger partial charge in [-0.2, -0.15) is 4.31 Å². The Morgan fingerprint density at radius 3 is 2.68 bits per heavy atom. The molecule has 0 aliphatic carbocycles. The van der Waals surface area contributed by atoms with Gasteiger partial charge in [-0.05, 0) is 42.9 Å². The number of hydrogen-bond donors (Lipinski definition) is 0. The van der Waals surface area contributed by atoms with Gasteiger partial charge in [0, 0.05) is 32.4 Å². The number of hydrogen-bond acceptors (Lipinski definition) is 3. The monoisotopic (exact) mass is 324 g/mol. The maximum atomic E-state index is 12.7. The summed E-state index contributed by atoms with van der Waals surface area (Å²) in [4.78, 5) is 2.05. The second-order valence-electron chi connectivity index (χ2n) is 6.76. The molecule has 0 saturated carbocycles. The summed E-state index contributed by atoms with van der Waals surface area (Å²) < 4.78 is 27.0. The van der Waals surface area contributed by atoms with Gasteiger partial charge in [0.2, 0.25) is 10.0 Å². The highest BCUT2D eigenvalue weighted by Gasteiger charge is 2.34. The molecule has 0 bridgehead atoms. The Morgan fingerprint density at radius 1 is 1.32 bits per heavy atom. The molecule has 5 heteroatoms. The molecule has 0 unspecified atom stereocenters. The molecule has 1 aromatic rings. The number of anilines is 1. The van der Waals surface area contributed by atoms with Crippen LogP contribution in [0.1, 0.15) is 44.7 Å². The van der Waals surface area contributed by atoms with Gasteiger partial charge in [0.05, 0.1) is 5.75 Å². The van der Waals surface area contributed by atoms with Crippen LogP contribution in [0.2, 0.25) is 0 Å². The van der Waals surface area contributed by atoms with Crippen molar-refractivity contribution in [3.8, 4) is 0 Å². The van der Waals surface area contributed by atoms with Crippen molar-refractivity contribution < 1.29 is 8.42 Å². The maximum absolute atomic E-state index is 12.7. The van der Waals surface area contributed by atoms with Crippen LogP contribution in [0.3, 0.4) is 0 Å². The SMILES string of the molecule is CC(C)CCS(=O)(=O)N1CCC[C@@H]1c1cccc(N(C)C)c1. The van der Waals surface area contributed by atoms with Crippen LogP contribution in [0.5, 0.6) is 0 Å². The molecular weight excluding hydrogens is 296 g/mol. The standard InChI is InChI=1S/C17H28N2O2S/c1-14(2)10-12-22(20,21)19-11-6-9-17(19)15-7-5-8-16(13-15)18(3)4/h5,7-8,13-14,17H,6,9-12H2,1-4H3/t17-/m1/s1. The van der Waals surface area contributed by atoms with Crippen molar-refractivity contribution in [3.05, 3.63) is 29.8 Å². The van der Waals surface area contributed by atoms with Gasteiger partial charge in [-0.25, -0.2) is 8.42 Å². The summed E-state index contributed by atoms with van der Waals surface area (Å²) in [5.41, 5.74) is 2.22. The fourth-order valence-corrected chi connectivity index (χ4v) is 4.94. The minimum atomic E-state index is -3.17. The minimum Gasteiger partial charge on any atom is -0.378 e. The van der Waals surface area contributed by atoms with Crippen LogP contribution in [0, 0.1) is 5.92 Å². The quantitative estimate of drug-likeness (QED) is 0.806. The molecule has 22 heavy (non-hydrogen) atoms. The van der Waals surface area contributed by atoms with Gasteiger partial charge < -0.3 is 4.90 Å². The van der Waals surface area contributed by atoms with Crippen LogP contribution in [-0.4, -0.2) is 39.1 Å². The molecule has 4 nitrogen and oxygen atoms in total. The van der Waals surface area contributed by atoms with Crippen molar-refractivity contribution in [2.75, 3.05) is 31.3 Å². The number of rotatable bonds is 6. The lowest BCUT2D eigenvalue weighted by atomic mass is 10.0. The Balaban J connectivity index is 2.22. The van der Waals surface area contributed by atoms with Gasteiger partial charge in [-0.1, -0.05) is 26.0 Å². The lowest BCUT2D eigenvalue weighted by Gasteiger charge is -2.26. The molecule has 0 amide bonds. The van der Waals surface area contributed by atoms with Crippen LogP contribution >= 0.6 is 0 Å². The summed E-state index contributed by atoms with van der Waals surface area (Å²) in [7, 11) is 0.844. The number of nitrogens with zero attached hydrogens (tertiary/aromatic N) is 2. The Bertz CT molecular complexity index is 596. The average Bonchev–Trinajstić information content (AvgIpc) is 2.96. The zero-order valence-corrected chi connectivity index (χ0v) is 14.9. The molecule has 0 aromatic heterocycles. The molecule has 1 heterocycles. The van der Waals surface area contributed by atoms with Crippen LogP contribution in [0.25, 0.3) is 0 Å². The third-order valence-corrected chi connectivity index (χ3v) is 6.19. The predicted molar refractivity (Wildman–Crippen MR) is 92.7 cm³/mol. The van der Waals surface area contributed by atoms with Crippen LogP contribution in [0.15, 0.2) is 24.3 Å². The van der Waals surface area contributed by atoms with Crippen LogP contribution < -0.4 is 4.90 Å². The topological polar surface area (TPSA) is 40.6 Å². The highest BCUT2D eigenvalue weighted by Crippen LogP contribution is 2.35. The van der Waals surface area contributed by atoms with Crippen molar-refractivity contribution in [1.82, 2.24) is 4.31 Å². The first kappa shape index (κ1) is 17.3.